The third kappa shape index (κ3) is 2.39. The average Bonchev–Trinajstić information content (AvgIpc) is 2.30. The molecule has 2 rings (SSSR count). The number of benzene rings is 1. The lowest BCUT2D eigenvalue weighted by molar-refractivity contribution is -0.115. The van der Waals surface area contributed by atoms with Gasteiger partial charge in [0.15, 0.2) is 5.75 Å². The topological polar surface area (TPSA) is 50.7 Å². The molecule has 4 heteroatoms. The Kier molecular flexibility index (Phi) is 3.19. The van der Waals surface area contributed by atoms with Gasteiger partial charge in [-0.15, -0.1) is 0 Å². The van der Waals surface area contributed by atoms with Crippen LogP contribution < -0.4 is 10.2 Å². The number of piperidine rings is 1. The highest BCUT2D eigenvalue weighted by Crippen LogP contribution is 2.12. The zero-order valence-electron chi connectivity index (χ0n) is 9.14. The molecule has 1 atom stereocenters. The van der Waals surface area contributed by atoms with Gasteiger partial charge in [-0.2, -0.15) is 0 Å². The molecule has 0 aromatic heterocycles. The molecule has 1 N–H and O–H groups in total. The minimum Gasteiger partial charge on any atom is -0.357 e. The first-order valence-corrected chi connectivity index (χ1v) is 5.35. The van der Waals surface area contributed by atoms with Gasteiger partial charge >= 0.3 is 0 Å². The summed E-state index contributed by atoms with van der Waals surface area (Å²) in [5.41, 5.74) is 0.468. The van der Waals surface area contributed by atoms with E-state index in [2.05, 4.69) is 10.5 Å². The van der Waals surface area contributed by atoms with E-state index in [0.717, 1.165) is 6.42 Å². The van der Waals surface area contributed by atoms with Crippen molar-refractivity contribution < 1.29 is 9.63 Å². The smallest absolute Gasteiger partial charge is 0.269 e. The number of rotatable bonds is 2. The van der Waals surface area contributed by atoms with Crippen molar-refractivity contribution in [2.24, 2.45) is 11.1 Å². The minimum atomic E-state index is -0.130. The fraction of sp³-hybridized carbons (Fsp3) is 0.333. The van der Waals surface area contributed by atoms with E-state index in [-0.39, 0.29) is 11.8 Å². The first-order valence-electron chi connectivity index (χ1n) is 5.35. The predicted molar refractivity (Wildman–Crippen MR) is 61.3 cm³/mol. The Hall–Kier alpha value is -1.84. The molecule has 0 bridgehead atoms. The summed E-state index contributed by atoms with van der Waals surface area (Å²) < 4.78 is 0. The molecule has 0 saturated carbocycles. The van der Waals surface area contributed by atoms with E-state index in [9.17, 15) is 4.79 Å². The molecule has 4 nitrogen and oxygen atoms in total. The summed E-state index contributed by atoms with van der Waals surface area (Å²) >= 11 is 0. The lowest BCUT2D eigenvalue weighted by atomic mass is 9.98. The number of nitrogens with zero attached hydrogens (tertiary/aromatic N) is 1. The number of nitrogens with one attached hydrogen (secondary N) is 1. The van der Waals surface area contributed by atoms with E-state index in [0.29, 0.717) is 18.0 Å². The Bertz CT molecular complexity index is 401. The van der Waals surface area contributed by atoms with Gasteiger partial charge in [0.2, 0.25) is 0 Å². The van der Waals surface area contributed by atoms with Crippen LogP contribution in [-0.2, 0) is 4.79 Å². The molecule has 0 radical (unpaired) electrons. The first kappa shape index (κ1) is 10.7. The van der Waals surface area contributed by atoms with Crippen LogP contribution in [0.5, 0.6) is 5.75 Å². The highest BCUT2D eigenvalue weighted by atomic mass is 16.6. The van der Waals surface area contributed by atoms with Crippen LogP contribution in [0.2, 0.25) is 0 Å². The molecule has 1 aliphatic heterocycles. The Balaban J connectivity index is 2.08. The summed E-state index contributed by atoms with van der Waals surface area (Å²) in [6, 6.07) is 9.22. The van der Waals surface area contributed by atoms with Crippen LogP contribution in [0.15, 0.2) is 35.5 Å². The third-order valence-electron chi connectivity index (χ3n) is 2.55. The maximum absolute atomic E-state index is 11.5. The third-order valence-corrected chi connectivity index (χ3v) is 2.55. The van der Waals surface area contributed by atoms with Crippen molar-refractivity contribution in [3.8, 4) is 5.75 Å². The second-order valence-electron chi connectivity index (χ2n) is 3.83. The van der Waals surface area contributed by atoms with Crippen LogP contribution in [0.3, 0.4) is 0 Å². The normalized spacial score (nSPS) is 22.9. The van der Waals surface area contributed by atoms with Gasteiger partial charge in [0.05, 0.1) is 0 Å². The zero-order valence-corrected chi connectivity index (χ0v) is 9.14. The molecule has 1 aromatic carbocycles. The van der Waals surface area contributed by atoms with Crippen LogP contribution in [0.1, 0.15) is 13.3 Å². The van der Waals surface area contributed by atoms with Crippen molar-refractivity contribution >= 4 is 11.6 Å². The predicted octanol–water partition coefficient (Wildman–Crippen LogP) is 1.58. The highest BCUT2D eigenvalue weighted by molar-refractivity contribution is 6.39. The SMILES string of the molecule is CC1CCNC(=O)C1=NOc1ccccc1. The molecular weight excluding hydrogens is 204 g/mol. The van der Waals surface area contributed by atoms with Crippen molar-refractivity contribution in [1.29, 1.82) is 0 Å². The van der Waals surface area contributed by atoms with Gasteiger partial charge in [0.1, 0.15) is 5.71 Å². The van der Waals surface area contributed by atoms with E-state index in [4.69, 9.17) is 4.84 Å². The lowest BCUT2D eigenvalue weighted by Gasteiger charge is -2.19. The number of hydrogen-bond donors (Lipinski definition) is 1. The summed E-state index contributed by atoms with van der Waals surface area (Å²) in [7, 11) is 0. The molecule has 1 heterocycles. The van der Waals surface area contributed by atoms with Crippen LogP contribution in [0.25, 0.3) is 0 Å². The number of hydrogen-bond acceptors (Lipinski definition) is 3. The molecule has 1 amide bonds. The molecular formula is C12H14N2O2. The molecule has 1 aromatic rings. The second-order valence-corrected chi connectivity index (χ2v) is 3.83. The largest absolute Gasteiger partial charge is 0.357 e. The standard InChI is InChI=1S/C12H14N2O2/c1-9-7-8-13-12(15)11(9)14-16-10-5-3-2-4-6-10/h2-6,9H,7-8H2,1H3,(H,13,15). The summed E-state index contributed by atoms with van der Waals surface area (Å²) in [5, 5.41) is 6.67. The minimum absolute atomic E-state index is 0.130. The van der Waals surface area contributed by atoms with Gasteiger partial charge in [-0.25, -0.2) is 0 Å². The van der Waals surface area contributed by atoms with Crippen molar-refractivity contribution in [1.82, 2.24) is 5.32 Å². The summed E-state index contributed by atoms with van der Waals surface area (Å²) in [5.74, 6) is 0.660. The number of amides is 1. The second kappa shape index (κ2) is 4.79. The Morgan fingerprint density at radius 3 is 2.81 bits per heavy atom. The van der Waals surface area contributed by atoms with Crippen LogP contribution in [0, 0.1) is 5.92 Å². The Labute approximate surface area is 94.3 Å². The van der Waals surface area contributed by atoms with E-state index in [1.807, 2.05) is 25.1 Å². The van der Waals surface area contributed by atoms with E-state index in [1.54, 1.807) is 12.1 Å². The van der Waals surface area contributed by atoms with Gasteiger partial charge in [0, 0.05) is 12.5 Å². The zero-order chi connectivity index (χ0) is 11.4. The summed E-state index contributed by atoms with van der Waals surface area (Å²) in [6.45, 7) is 2.69. The molecule has 1 unspecified atom stereocenters. The van der Waals surface area contributed by atoms with Crippen LogP contribution >= 0.6 is 0 Å². The van der Waals surface area contributed by atoms with E-state index < -0.39 is 0 Å². The van der Waals surface area contributed by atoms with E-state index in [1.165, 1.54) is 0 Å². The maximum Gasteiger partial charge on any atom is 0.269 e. The average molecular weight is 218 g/mol. The van der Waals surface area contributed by atoms with Crippen molar-refractivity contribution in [2.75, 3.05) is 6.54 Å². The summed E-state index contributed by atoms with van der Waals surface area (Å²) in [4.78, 5) is 16.7. The fourth-order valence-electron chi connectivity index (χ4n) is 1.57. The Morgan fingerprint density at radius 1 is 1.38 bits per heavy atom. The van der Waals surface area contributed by atoms with Gasteiger partial charge in [-0.05, 0) is 18.6 Å². The van der Waals surface area contributed by atoms with Gasteiger partial charge in [-0.1, -0.05) is 30.3 Å². The fourth-order valence-corrected chi connectivity index (χ4v) is 1.57. The number of oxime groups is 1. The van der Waals surface area contributed by atoms with E-state index >= 15 is 0 Å². The molecule has 16 heavy (non-hydrogen) atoms. The van der Waals surface area contributed by atoms with Crippen molar-refractivity contribution in [2.45, 2.75) is 13.3 Å². The van der Waals surface area contributed by atoms with Crippen LogP contribution in [0.4, 0.5) is 0 Å². The monoisotopic (exact) mass is 218 g/mol. The van der Waals surface area contributed by atoms with Crippen LogP contribution in [-0.4, -0.2) is 18.2 Å². The molecule has 84 valence electrons. The first-order chi connectivity index (χ1) is 7.77. The van der Waals surface area contributed by atoms with Gasteiger partial charge < -0.3 is 10.2 Å². The number of carbonyl (C=O) groups excluding carboxylic acids is 1. The maximum atomic E-state index is 11.5. The van der Waals surface area contributed by atoms with Crippen molar-refractivity contribution in [3.05, 3.63) is 30.3 Å². The number of carbonyl (C=O) groups is 1. The van der Waals surface area contributed by atoms with Crippen molar-refractivity contribution in [3.63, 3.8) is 0 Å². The molecule has 0 aliphatic carbocycles. The lowest BCUT2D eigenvalue weighted by Crippen LogP contribution is -2.42. The molecule has 1 aliphatic rings. The molecule has 1 fully saturated rings. The highest BCUT2D eigenvalue weighted by Gasteiger charge is 2.24. The molecule has 0 spiro atoms. The Morgan fingerprint density at radius 2 is 2.12 bits per heavy atom. The van der Waals surface area contributed by atoms with Gasteiger partial charge in [0.25, 0.3) is 5.91 Å². The summed E-state index contributed by atoms with van der Waals surface area (Å²) in [6.07, 6.45) is 0.905. The molecule has 1 saturated heterocycles. The van der Waals surface area contributed by atoms with Gasteiger partial charge in [-0.3, -0.25) is 4.79 Å². The number of para-hydroxylation sites is 1. The quantitative estimate of drug-likeness (QED) is 0.766.